The van der Waals surface area contributed by atoms with E-state index in [2.05, 4.69) is 8.55 Å². The second kappa shape index (κ2) is 5.79. The van der Waals surface area contributed by atoms with E-state index in [9.17, 15) is 9.00 Å². The fraction of sp³-hybridized carbons (Fsp3) is 0.364. The molecule has 2 atom stereocenters. The highest BCUT2D eigenvalue weighted by Crippen LogP contribution is 2.27. The summed E-state index contributed by atoms with van der Waals surface area (Å²) in [6, 6.07) is 8.80. The number of ether oxygens (including phenoxy) is 1. The van der Waals surface area contributed by atoms with E-state index in [0.717, 1.165) is 0 Å². The van der Waals surface area contributed by atoms with E-state index in [1.165, 1.54) is 14.2 Å². The van der Waals surface area contributed by atoms with E-state index >= 15 is 0 Å². The molecule has 0 aliphatic rings. The number of esters is 1. The van der Waals surface area contributed by atoms with Crippen molar-refractivity contribution < 1.29 is 17.9 Å². The van der Waals surface area contributed by atoms with Crippen LogP contribution >= 0.6 is 0 Å². The van der Waals surface area contributed by atoms with Crippen molar-refractivity contribution in [3.8, 4) is 0 Å². The Bertz CT molecular complexity index is 468. The van der Waals surface area contributed by atoms with Crippen LogP contribution in [0.15, 0.2) is 34.7 Å². The molecule has 0 aliphatic heterocycles. The summed E-state index contributed by atoms with van der Waals surface area (Å²) in [5.74, 6) is -0.580. The Balaban J connectivity index is 3.30. The fourth-order valence-corrected chi connectivity index (χ4v) is 1.99. The molecule has 1 unspecified atom stereocenters. The minimum absolute atomic E-state index is 0.580. The molecule has 0 bridgehead atoms. The van der Waals surface area contributed by atoms with Crippen molar-refractivity contribution in [2.75, 3.05) is 14.2 Å². The average Bonchev–Trinajstić information content (AvgIpc) is 2.38. The zero-order valence-corrected chi connectivity index (χ0v) is 10.8. The highest BCUT2D eigenvalue weighted by Gasteiger charge is 2.36. The average molecular weight is 257 g/mol. The molecule has 0 aliphatic carbocycles. The number of carbonyl (C=O) groups is 1. The number of hydrogen-bond acceptors (Lipinski definition) is 5. The SMILES string of the molecule is COC(=O)[C@@](C)(N=[SH](=O)OC)c1ccccc1. The van der Waals surface area contributed by atoms with Crippen LogP contribution in [-0.4, -0.2) is 24.4 Å². The molecular formula is C11H15NO4S. The molecule has 0 fully saturated rings. The highest BCUT2D eigenvalue weighted by molar-refractivity contribution is 7.69. The third kappa shape index (κ3) is 3.04. The van der Waals surface area contributed by atoms with Gasteiger partial charge in [0, 0.05) is 0 Å². The molecule has 0 spiro atoms. The van der Waals surface area contributed by atoms with Gasteiger partial charge in [-0.3, -0.25) is 4.18 Å². The molecule has 0 N–H and O–H groups in total. The minimum atomic E-state index is -2.25. The summed E-state index contributed by atoms with van der Waals surface area (Å²) in [4.78, 5) is 11.8. The van der Waals surface area contributed by atoms with E-state index in [1.54, 1.807) is 31.2 Å². The third-order valence-corrected chi connectivity index (χ3v) is 3.23. The zero-order valence-electron chi connectivity index (χ0n) is 9.91. The van der Waals surface area contributed by atoms with E-state index in [4.69, 9.17) is 4.74 Å². The molecule has 6 heteroatoms. The number of benzene rings is 1. The Morgan fingerprint density at radius 3 is 2.35 bits per heavy atom. The molecule has 0 radical (unpaired) electrons. The lowest BCUT2D eigenvalue weighted by Crippen LogP contribution is -2.32. The predicted octanol–water partition coefficient (Wildman–Crippen LogP) is 1.30. The highest BCUT2D eigenvalue weighted by atomic mass is 32.2. The van der Waals surface area contributed by atoms with Crippen LogP contribution in [0.3, 0.4) is 0 Å². The Morgan fingerprint density at radius 2 is 1.88 bits per heavy atom. The minimum Gasteiger partial charge on any atom is -0.467 e. The molecule has 0 heterocycles. The molecule has 0 saturated heterocycles. The van der Waals surface area contributed by atoms with Crippen LogP contribution in [0.5, 0.6) is 0 Å². The van der Waals surface area contributed by atoms with Gasteiger partial charge in [-0.1, -0.05) is 30.3 Å². The summed E-state index contributed by atoms with van der Waals surface area (Å²) in [6.07, 6.45) is 0. The first-order valence-corrected chi connectivity index (χ1v) is 6.05. The van der Waals surface area contributed by atoms with E-state index in [-0.39, 0.29) is 0 Å². The van der Waals surface area contributed by atoms with Crippen molar-refractivity contribution in [1.82, 2.24) is 0 Å². The molecule has 1 aromatic rings. The zero-order chi connectivity index (χ0) is 12.9. The van der Waals surface area contributed by atoms with Gasteiger partial charge in [0.2, 0.25) is 0 Å². The molecule has 0 amide bonds. The van der Waals surface area contributed by atoms with Crippen LogP contribution in [0.2, 0.25) is 0 Å². The predicted molar refractivity (Wildman–Crippen MR) is 64.8 cm³/mol. The maximum Gasteiger partial charge on any atom is 0.338 e. The molecule has 17 heavy (non-hydrogen) atoms. The number of carbonyl (C=O) groups excluding carboxylic acids is 1. The van der Waals surface area contributed by atoms with Crippen molar-refractivity contribution >= 4 is 16.8 Å². The summed E-state index contributed by atoms with van der Waals surface area (Å²) < 4.78 is 24.5. The van der Waals surface area contributed by atoms with Crippen molar-refractivity contribution in [1.29, 1.82) is 0 Å². The Morgan fingerprint density at radius 1 is 1.29 bits per heavy atom. The van der Waals surface area contributed by atoms with Gasteiger partial charge in [-0.2, -0.15) is 4.36 Å². The van der Waals surface area contributed by atoms with E-state index in [0.29, 0.717) is 5.56 Å². The van der Waals surface area contributed by atoms with Crippen LogP contribution in [-0.2, 0) is 30.1 Å². The summed E-state index contributed by atoms with van der Waals surface area (Å²) in [6.45, 7) is 1.54. The van der Waals surface area contributed by atoms with Crippen LogP contribution in [0.1, 0.15) is 12.5 Å². The Labute approximate surface area is 102 Å². The van der Waals surface area contributed by atoms with Crippen LogP contribution < -0.4 is 0 Å². The lowest BCUT2D eigenvalue weighted by molar-refractivity contribution is -0.146. The van der Waals surface area contributed by atoms with Gasteiger partial charge in [0.05, 0.1) is 14.2 Å². The standard InChI is InChI=1S/C11H15NO4S/c1-11(10(13)15-2,12-17(14)16-3)9-7-5-4-6-8-9/h4-8,17H,1-3H3/t11-/m0/s1. The fourth-order valence-electron chi connectivity index (χ4n) is 1.38. The largest absolute Gasteiger partial charge is 0.467 e. The van der Waals surface area contributed by atoms with Gasteiger partial charge in [-0.05, 0) is 12.5 Å². The van der Waals surface area contributed by atoms with Crippen molar-refractivity contribution in [3.63, 3.8) is 0 Å². The first-order valence-electron chi connectivity index (χ1n) is 4.92. The van der Waals surface area contributed by atoms with Crippen LogP contribution in [0.4, 0.5) is 0 Å². The quantitative estimate of drug-likeness (QED) is 0.652. The van der Waals surface area contributed by atoms with E-state index in [1.807, 2.05) is 6.07 Å². The number of hydrogen-bond donors (Lipinski definition) is 1. The third-order valence-electron chi connectivity index (χ3n) is 2.36. The van der Waals surface area contributed by atoms with Gasteiger partial charge >= 0.3 is 5.97 Å². The molecular weight excluding hydrogens is 242 g/mol. The molecule has 0 aromatic heterocycles. The van der Waals surface area contributed by atoms with Crippen LogP contribution in [0.25, 0.3) is 0 Å². The normalized spacial score (nSPS) is 16.2. The van der Waals surface area contributed by atoms with E-state index < -0.39 is 22.4 Å². The maximum absolute atomic E-state index is 11.8. The summed E-state index contributed by atoms with van der Waals surface area (Å²) >= 11 is 0. The molecule has 1 aromatic carbocycles. The first kappa shape index (κ1) is 13.7. The van der Waals surface area contributed by atoms with Gasteiger partial charge < -0.3 is 4.74 Å². The molecule has 0 saturated carbocycles. The topological polar surface area (TPSA) is 65.0 Å². The number of thiol groups is 1. The Kier molecular flexibility index (Phi) is 4.65. The summed E-state index contributed by atoms with van der Waals surface area (Å²) in [7, 11) is 0.278. The van der Waals surface area contributed by atoms with Gasteiger partial charge in [0.15, 0.2) is 16.4 Å². The van der Waals surface area contributed by atoms with Gasteiger partial charge in [0.25, 0.3) is 0 Å². The lowest BCUT2D eigenvalue weighted by atomic mass is 9.93. The second-order valence-corrected chi connectivity index (χ2v) is 4.49. The second-order valence-electron chi connectivity index (χ2n) is 3.45. The van der Waals surface area contributed by atoms with Crippen molar-refractivity contribution in [2.24, 2.45) is 4.36 Å². The molecule has 1 rings (SSSR count). The monoisotopic (exact) mass is 257 g/mol. The Hall–Kier alpha value is -1.40. The molecule has 94 valence electrons. The van der Waals surface area contributed by atoms with Gasteiger partial charge in [0.1, 0.15) is 0 Å². The van der Waals surface area contributed by atoms with Crippen LogP contribution in [0, 0.1) is 0 Å². The van der Waals surface area contributed by atoms with Gasteiger partial charge in [-0.25, -0.2) is 9.00 Å². The van der Waals surface area contributed by atoms with Crippen molar-refractivity contribution in [3.05, 3.63) is 35.9 Å². The number of methoxy groups -OCH3 is 1. The summed E-state index contributed by atoms with van der Waals surface area (Å²) in [5, 5.41) is 0. The molecule has 5 nitrogen and oxygen atoms in total. The maximum atomic E-state index is 11.8. The number of rotatable bonds is 4. The lowest BCUT2D eigenvalue weighted by Gasteiger charge is -2.21. The number of nitrogens with zero attached hydrogens (tertiary/aromatic N) is 1. The first-order chi connectivity index (χ1) is 8.04. The van der Waals surface area contributed by atoms with Crippen molar-refractivity contribution in [2.45, 2.75) is 12.5 Å². The summed E-state index contributed by atoms with van der Waals surface area (Å²) in [5.41, 5.74) is -0.716. The smallest absolute Gasteiger partial charge is 0.338 e. The van der Waals surface area contributed by atoms with Gasteiger partial charge in [-0.15, -0.1) is 0 Å².